The van der Waals surface area contributed by atoms with E-state index in [9.17, 15) is 0 Å². The van der Waals surface area contributed by atoms with Gasteiger partial charge in [-0.05, 0) is 0 Å². The molecule has 0 saturated carbocycles. The van der Waals surface area contributed by atoms with Crippen molar-refractivity contribution in [3.63, 3.8) is 0 Å². The number of hydrogen-bond donors (Lipinski definition) is 1. The monoisotopic (exact) mass is 248 g/mol. The van der Waals surface area contributed by atoms with Gasteiger partial charge in [0, 0.05) is 19.5 Å². The normalized spacial score (nSPS) is 1.60. The fraction of sp³-hybridized carbons (Fsp3) is 0. The SMILES string of the molecule is O=BO.[BaH2].[Zn]. The summed E-state index contributed by atoms with van der Waals surface area (Å²) < 4.78 is 8.36. The molecule has 0 aromatic rings. The first kappa shape index (κ1) is 15.8. The van der Waals surface area contributed by atoms with Gasteiger partial charge in [0.05, 0.1) is 0 Å². The molecule has 22 valence electrons. The van der Waals surface area contributed by atoms with Crippen molar-refractivity contribution in [3.05, 3.63) is 0 Å². The van der Waals surface area contributed by atoms with Crippen LogP contribution in [-0.4, -0.2) is 61.3 Å². The first-order valence-corrected chi connectivity index (χ1v) is 0.494. The van der Waals surface area contributed by atoms with E-state index >= 15 is 0 Å². The quantitative estimate of drug-likeness (QED) is 0.505. The third-order valence-electron chi connectivity index (χ3n) is 0. The predicted octanol–water partition coefficient (Wildman–Crippen LogP) is -1.98. The van der Waals surface area contributed by atoms with Crippen LogP contribution in [0.3, 0.4) is 0 Å². The van der Waals surface area contributed by atoms with Crippen molar-refractivity contribution in [1.82, 2.24) is 0 Å². The summed E-state index contributed by atoms with van der Waals surface area (Å²) in [6.45, 7) is 0. The minimum atomic E-state index is -0.250. The molecule has 0 radical (unpaired) electrons. The van der Waals surface area contributed by atoms with Crippen molar-refractivity contribution in [2.45, 2.75) is 0 Å². The third kappa shape index (κ3) is 25.2. The van der Waals surface area contributed by atoms with Gasteiger partial charge in [0.2, 0.25) is 0 Å². The Kier molecular flexibility index (Phi) is 53.5. The molecular formula is H3BBaO2Zn. The molecule has 0 aromatic carbocycles. The van der Waals surface area contributed by atoms with Crippen molar-refractivity contribution < 1.29 is 29.2 Å². The van der Waals surface area contributed by atoms with Gasteiger partial charge in [0.1, 0.15) is 0 Å². The van der Waals surface area contributed by atoms with E-state index in [0.717, 1.165) is 0 Å². The van der Waals surface area contributed by atoms with Crippen LogP contribution in [0.15, 0.2) is 0 Å². The minimum Gasteiger partial charge on any atom is 0 e. The van der Waals surface area contributed by atoms with Gasteiger partial charge >= 0.3 is 66.0 Å². The van der Waals surface area contributed by atoms with Crippen LogP contribution in [0.5, 0.6) is 0 Å². The van der Waals surface area contributed by atoms with Gasteiger partial charge in [0.25, 0.3) is 0 Å². The molecule has 0 aliphatic heterocycles. The Morgan fingerprint density at radius 3 is 1.60 bits per heavy atom. The molecule has 0 spiro atoms. The van der Waals surface area contributed by atoms with Crippen LogP contribution in [-0.2, 0) is 24.2 Å². The second-order valence-electron chi connectivity index (χ2n) is 0.105. The first-order chi connectivity index (χ1) is 1.41. The molecule has 1 N–H and O–H groups in total. The van der Waals surface area contributed by atoms with Gasteiger partial charge in [-0.2, -0.15) is 0 Å². The summed E-state index contributed by atoms with van der Waals surface area (Å²) >= 11 is 0. The van der Waals surface area contributed by atoms with E-state index in [1.54, 1.807) is 0 Å². The van der Waals surface area contributed by atoms with Gasteiger partial charge in [-0.25, -0.2) is 0 Å². The van der Waals surface area contributed by atoms with Gasteiger partial charge in [-0.3, -0.25) is 0 Å². The second-order valence-corrected chi connectivity index (χ2v) is 0.105. The molecule has 0 unspecified atom stereocenters. The molecular weight excluding hydrogens is 246 g/mol. The first-order valence-electron chi connectivity index (χ1n) is 0.494. The fourth-order valence-electron chi connectivity index (χ4n) is 0. The van der Waals surface area contributed by atoms with Crippen molar-refractivity contribution in [1.29, 1.82) is 0 Å². The molecule has 0 fully saturated rings. The van der Waals surface area contributed by atoms with Crippen molar-refractivity contribution >= 4 is 56.2 Å². The summed E-state index contributed by atoms with van der Waals surface area (Å²) in [6, 6.07) is 0. The van der Waals surface area contributed by atoms with E-state index in [2.05, 4.69) is 0 Å². The molecule has 5 heavy (non-hydrogen) atoms. The van der Waals surface area contributed by atoms with Crippen molar-refractivity contribution in [2.75, 3.05) is 0 Å². The summed E-state index contributed by atoms with van der Waals surface area (Å²) in [7, 11) is -0.250. The molecule has 0 atom stereocenters. The van der Waals surface area contributed by atoms with Gasteiger partial charge in [-0.1, -0.05) is 0 Å². The van der Waals surface area contributed by atoms with Gasteiger partial charge in [-0.15, -0.1) is 0 Å². The Hall–Kier alpha value is 1.86. The molecule has 0 amide bonds. The molecule has 2 nitrogen and oxygen atoms in total. The van der Waals surface area contributed by atoms with Crippen LogP contribution in [0.4, 0.5) is 0 Å². The zero-order chi connectivity index (χ0) is 2.71. The maximum Gasteiger partial charge on any atom is 0 e. The fourth-order valence-corrected chi connectivity index (χ4v) is 0. The van der Waals surface area contributed by atoms with E-state index in [-0.39, 0.29) is 75.7 Å². The summed E-state index contributed by atoms with van der Waals surface area (Å²) in [4.78, 5) is 0. The molecule has 0 aliphatic carbocycles. The maximum absolute atomic E-state index is 8.36. The van der Waals surface area contributed by atoms with Crippen LogP contribution in [0.2, 0.25) is 0 Å². The molecule has 0 saturated heterocycles. The zero-order valence-electron chi connectivity index (χ0n) is 2.14. The Morgan fingerprint density at radius 1 is 1.60 bits per heavy atom. The Labute approximate surface area is 83.8 Å². The summed E-state index contributed by atoms with van der Waals surface area (Å²) in [5.41, 5.74) is 0. The summed E-state index contributed by atoms with van der Waals surface area (Å²) in [5, 5.41) is 6.89. The van der Waals surface area contributed by atoms with Crippen LogP contribution >= 0.6 is 0 Å². The van der Waals surface area contributed by atoms with Crippen LogP contribution < -0.4 is 0 Å². The Balaban J connectivity index is -0.0000000200. The topological polar surface area (TPSA) is 37.3 Å². The average Bonchev–Trinajstić information content (AvgIpc) is 0.918. The average molecular weight is 249 g/mol. The van der Waals surface area contributed by atoms with E-state index in [1.807, 2.05) is 0 Å². The Bertz CT molecular complexity index is 17.1. The standard InChI is InChI=1S/BHO2.Ba.Zn.2H/c2-1-3;;;;/h2H;;;;. The third-order valence-corrected chi connectivity index (χ3v) is 0. The molecule has 0 rings (SSSR count). The minimum absolute atomic E-state index is 0. The maximum atomic E-state index is 8.36. The summed E-state index contributed by atoms with van der Waals surface area (Å²) in [5.74, 6) is 0. The zero-order valence-corrected chi connectivity index (χ0v) is 5.11. The van der Waals surface area contributed by atoms with E-state index in [0.29, 0.717) is 0 Å². The van der Waals surface area contributed by atoms with E-state index < -0.39 is 0 Å². The van der Waals surface area contributed by atoms with Crippen LogP contribution in [0.1, 0.15) is 0 Å². The van der Waals surface area contributed by atoms with E-state index in [1.165, 1.54) is 0 Å². The van der Waals surface area contributed by atoms with Crippen molar-refractivity contribution in [2.24, 2.45) is 0 Å². The molecule has 0 aliphatic rings. The molecule has 5 heteroatoms. The van der Waals surface area contributed by atoms with Crippen LogP contribution in [0, 0.1) is 0 Å². The molecule has 0 aromatic heterocycles. The second kappa shape index (κ2) is 16.9. The molecule has 0 heterocycles. The van der Waals surface area contributed by atoms with Gasteiger partial charge in [0.15, 0.2) is 0 Å². The Morgan fingerprint density at radius 2 is 1.60 bits per heavy atom. The van der Waals surface area contributed by atoms with Gasteiger partial charge < -0.3 is 0 Å². The largest absolute Gasteiger partial charge is 0 e. The smallest absolute Gasteiger partial charge is 0 e. The molecule has 0 bridgehead atoms. The predicted molar refractivity (Wildman–Crippen MR) is 17.2 cm³/mol. The van der Waals surface area contributed by atoms with E-state index in [4.69, 9.17) is 9.73 Å². The van der Waals surface area contributed by atoms with Crippen molar-refractivity contribution in [3.8, 4) is 0 Å². The number of rotatable bonds is 0. The number of hydrogen-bond acceptors (Lipinski definition) is 1. The summed E-state index contributed by atoms with van der Waals surface area (Å²) in [6.07, 6.45) is 0. The van der Waals surface area contributed by atoms with Crippen LogP contribution in [0.25, 0.3) is 0 Å².